The second-order valence-corrected chi connectivity index (χ2v) is 7.09. The number of aliphatic hydroxyl groups is 4. The first-order chi connectivity index (χ1) is 13.3. The fourth-order valence-electron chi connectivity index (χ4n) is 2.67. The Hall–Kier alpha value is -2.48. The van der Waals surface area contributed by atoms with Crippen molar-refractivity contribution in [3.05, 3.63) is 51.0 Å². The molecule has 1 aromatic heterocycles. The minimum Gasteiger partial charge on any atom is -0.394 e. The van der Waals surface area contributed by atoms with Crippen molar-refractivity contribution in [3.8, 4) is 0 Å². The molecule has 5 atom stereocenters. The predicted molar refractivity (Wildman–Crippen MR) is 96.0 cm³/mol. The van der Waals surface area contributed by atoms with Crippen molar-refractivity contribution in [2.75, 3.05) is 11.9 Å². The van der Waals surface area contributed by atoms with Gasteiger partial charge in [-0.1, -0.05) is 11.3 Å². The lowest BCUT2D eigenvalue weighted by Crippen LogP contribution is -2.60. The fourth-order valence-corrected chi connectivity index (χ4v) is 3.47. The van der Waals surface area contributed by atoms with Gasteiger partial charge in [0.05, 0.1) is 22.6 Å². The molecule has 12 heteroatoms. The van der Waals surface area contributed by atoms with Crippen LogP contribution in [0.1, 0.15) is 15.2 Å². The molecule has 5 N–H and O–H groups in total. The number of ketones is 1. The third kappa shape index (κ3) is 4.01. The molecule has 0 spiro atoms. The molecule has 1 fully saturated rings. The second-order valence-electron chi connectivity index (χ2n) is 6.06. The Bertz CT molecular complexity index is 856. The molecule has 0 bridgehead atoms. The maximum Gasteiger partial charge on any atom is 0.269 e. The number of ether oxygens (including phenoxy) is 1. The lowest BCUT2D eigenvalue weighted by Gasteiger charge is -2.40. The minimum atomic E-state index is -1.54. The molecule has 28 heavy (non-hydrogen) atoms. The van der Waals surface area contributed by atoms with Crippen LogP contribution >= 0.6 is 11.3 Å². The van der Waals surface area contributed by atoms with E-state index in [1.54, 1.807) is 0 Å². The standard InChI is InChI=1S/C16H17N3O8S/c20-6-9-12(22)13(23)14(24)15(27-9)18-16-17-5-10(28-16)11(21)7-1-3-8(4-2-7)19(25)26/h1-5,9,12-15,20,22-24H,6H2,(H,17,18)/t9-,12-,13+,14+,15-/m1/s1. The van der Waals surface area contributed by atoms with E-state index in [9.17, 15) is 35.3 Å². The summed E-state index contributed by atoms with van der Waals surface area (Å²) in [6.45, 7) is -0.565. The maximum atomic E-state index is 12.5. The number of thiazole rings is 1. The Morgan fingerprint density at radius 1 is 1.21 bits per heavy atom. The van der Waals surface area contributed by atoms with E-state index < -0.39 is 48.0 Å². The van der Waals surface area contributed by atoms with Gasteiger partial charge in [-0.2, -0.15) is 0 Å². The quantitative estimate of drug-likeness (QED) is 0.236. The molecular weight excluding hydrogens is 394 g/mol. The molecule has 11 nitrogen and oxygen atoms in total. The van der Waals surface area contributed by atoms with Crippen molar-refractivity contribution in [1.29, 1.82) is 0 Å². The summed E-state index contributed by atoms with van der Waals surface area (Å²) in [5, 5.41) is 52.4. The van der Waals surface area contributed by atoms with Crippen LogP contribution in [0.3, 0.4) is 0 Å². The normalized spacial score (nSPS) is 27.4. The van der Waals surface area contributed by atoms with Crippen LogP contribution in [-0.4, -0.2) is 73.4 Å². The number of nitro benzene ring substituents is 1. The van der Waals surface area contributed by atoms with Gasteiger partial charge in [0.2, 0.25) is 5.78 Å². The topological polar surface area (TPSA) is 175 Å². The number of benzene rings is 1. The summed E-state index contributed by atoms with van der Waals surface area (Å²) in [6.07, 6.45) is -5.45. The van der Waals surface area contributed by atoms with Crippen molar-refractivity contribution in [2.45, 2.75) is 30.6 Å². The van der Waals surface area contributed by atoms with Crippen molar-refractivity contribution in [1.82, 2.24) is 4.98 Å². The maximum absolute atomic E-state index is 12.5. The molecule has 1 aliphatic rings. The van der Waals surface area contributed by atoms with E-state index >= 15 is 0 Å². The van der Waals surface area contributed by atoms with Crippen LogP contribution in [0.2, 0.25) is 0 Å². The van der Waals surface area contributed by atoms with E-state index in [0.29, 0.717) is 0 Å². The number of nitrogens with zero attached hydrogens (tertiary/aromatic N) is 2. The van der Waals surface area contributed by atoms with Gasteiger partial charge in [-0.15, -0.1) is 0 Å². The number of aromatic nitrogens is 1. The highest BCUT2D eigenvalue weighted by Crippen LogP contribution is 2.27. The van der Waals surface area contributed by atoms with Crippen LogP contribution in [0, 0.1) is 10.1 Å². The average Bonchev–Trinajstić information content (AvgIpc) is 3.16. The van der Waals surface area contributed by atoms with E-state index in [0.717, 1.165) is 11.3 Å². The lowest BCUT2D eigenvalue weighted by atomic mass is 9.98. The van der Waals surface area contributed by atoms with Gasteiger partial charge < -0.3 is 30.5 Å². The summed E-state index contributed by atoms with van der Waals surface area (Å²) in [5.41, 5.74) is 0.111. The minimum absolute atomic E-state index is 0.133. The van der Waals surface area contributed by atoms with Crippen LogP contribution in [-0.2, 0) is 4.74 Å². The summed E-state index contributed by atoms with van der Waals surface area (Å²) >= 11 is 0.949. The number of carbonyl (C=O) groups is 1. The van der Waals surface area contributed by atoms with Crippen LogP contribution < -0.4 is 5.32 Å². The highest BCUT2D eigenvalue weighted by Gasteiger charge is 2.43. The first-order valence-electron chi connectivity index (χ1n) is 8.14. The molecular formula is C16H17N3O8S. The molecule has 1 aliphatic heterocycles. The molecule has 3 rings (SSSR count). The zero-order chi connectivity index (χ0) is 20.4. The SMILES string of the molecule is O=C(c1ccc([N+](=O)[O-])cc1)c1cnc(N[C@@H]2O[C@H](CO)[C@@H](O)[C@H](O)[C@@H]2O)s1. The number of nitro groups is 1. The molecule has 150 valence electrons. The Kier molecular flexibility index (Phi) is 5.98. The Morgan fingerprint density at radius 2 is 1.89 bits per heavy atom. The summed E-state index contributed by atoms with van der Waals surface area (Å²) in [5.74, 6) is -0.394. The van der Waals surface area contributed by atoms with Gasteiger partial charge in [-0.25, -0.2) is 4.98 Å². The first-order valence-corrected chi connectivity index (χ1v) is 8.95. The molecule has 2 aromatic rings. The monoisotopic (exact) mass is 411 g/mol. The molecule has 0 unspecified atom stereocenters. The fraction of sp³-hybridized carbons (Fsp3) is 0.375. The molecule has 2 heterocycles. The Labute approximate surface area is 162 Å². The molecule has 1 saturated heterocycles. The summed E-state index contributed by atoms with van der Waals surface area (Å²) in [7, 11) is 0. The van der Waals surface area contributed by atoms with E-state index in [4.69, 9.17) is 4.74 Å². The number of hydrogen-bond acceptors (Lipinski definition) is 11. The molecule has 0 amide bonds. The van der Waals surface area contributed by atoms with E-state index in [1.807, 2.05) is 0 Å². The van der Waals surface area contributed by atoms with Gasteiger partial charge >= 0.3 is 0 Å². The van der Waals surface area contributed by atoms with Crippen molar-refractivity contribution < 1.29 is 34.9 Å². The predicted octanol–water partition coefficient (Wildman–Crippen LogP) is -0.506. The van der Waals surface area contributed by atoms with Crippen molar-refractivity contribution >= 4 is 27.9 Å². The van der Waals surface area contributed by atoms with E-state index in [2.05, 4.69) is 10.3 Å². The highest BCUT2D eigenvalue weighted by molar-refractivity contribution is 7.17. The first kappa shape index (κ1) is 20.3. The van der Waals surface area contributed by atoms with Crippen LogP contribution in [0.4, 0.5) is 10.8 Å². The van der Waals surface area contributed by atoms with Gasteiger partial charge in [0.25, 0.3) is 5.69 Å². The molecule has 0 radical (unpaired) electrons. The van der Waals surface area contributed by atoms with Crippen molar-refractivity contribution in [2.24, 2.45) is 0 Å². The third-order valence-corrected chi connectivity index (χ3v) is 5.16. The summed E-state index contributed by atoms with van der Waals surface area (Å²) in [6, 6.07) is 5.12. The Balaban J connectivity index is 1.71. The van der Waals surface area contributed by atoms with Gasteiger partial charge in [0.1, 0.15) is 24.4 Å². The van der Waals surface area contributed by atoms with Gasteiger partial charge in [0, 0.05) is 17.7 Å². The zero-order valence-corrected chi connectivity index (χ0v) is 15.0. The summed E-state index contributed by atoms with van der Waals surface area (Å²) in [4.78, 5) is 26.8. The number of aliphatic hydroxyl groups excluding tert-OH is 4. The third-order valence-electron chi connectivity index (χ3n) is 4.23. The van der Waals surface area contributed by atoms with Gasteiger partial charge in [-0.05, 0) is 12.1 Å². The van der Waals surface area contributed by atoms with E-state index in [1.165, 1.54) is 30.5 Å². The van der Waals surface area contributed by atoms with Crippen LogP contribution in [0.5, 0.6) is 0 Å². The second kappa shape index (κ2) is 8.26. The molecule has 1 aromatic carbocycles. The molecule has 0 saturated carbocycles. The van der Waals surface area contributed by atoms with Gasteiger partial charge in [0.15, 0.2) is 11.4 Å². The smallest absolute Gasteiger partial charge is 0.269 e. The Morgan fingerprint density at radius 3 is 2.50 bits per heavy atom. The number of anilines is 1. The highest BCUT2D eigenvalue weighted by atomic mass is 32.1. The molecule has 0 aliphatic carbocycles. The lowest BCUT2D eigenvalue weighted by molar-refractivity contribution is -0.384. The van der Waals surface area contributed by atoms with Crippen LogP contribution in [0.15, 0.2) is 30.5 Å². The number of rotatable bonds is 6. The van der Waals surface area contributed by atoms with Gasteiger partial charge in [-0.3, -0.25) is 14.9 Å². The average molecular weight is 411 g/mol. The number of non-ortho nitro benzene ring substituents is 1. The van der Waals surface area contributed by atoms with E-state index in [-0.39, 0.29) is 21.3 Å². The zero-order valence-electron chi connectivity index (χ0n) is 14.2. The summed E-state index contributed by atoms with van der Waals surface area (Å²) < 4.78 is 5.32. The van der Waals surface area contributed by atoms with Crippen molar-refractivity contribution in [3.63, 3.8) is 0 Å². The van der Waals surface area contributed by atoms with Crippen LogP contribution in [0.25, 0.3) is 0 Å². The number of nitrogens with one attached hydrogen (secondary N) is 1. The largest absolute Gasteiger partial charge is 0.394 e. The number of hydrogen-bond donors (Lipinski definition) is 5. The number of carbonyl (C=O) groups excluding carboxylic acids is 1.